The minimum absolute atomic E-state index is 0.0551. The Balaban J connectivity index is 1.13. The molecule has 54 heavy (non-hydrogen) atoms. The number of rotatable bonds is 13. The molecule has 3 saturated heterocycles. The van der Waals surface area contributed by atoms with Gasteiger partial charge in [0.05, 0.1) is 30.2 Å². The molecule has 3 fully saturated rings. The normalized spacial score (nSPS) is 21.7. The van der Waals surface area contributed by atoms with Gasteiger partial charge in [0.1, 0.15) is 36.3 Å². The summed E-state index contributed by atoms with van der Waals surface area (Å²) < 4.78 is 71.2. The number of halogens is 3. The number of H-pyrrole nitrogens is 1. The summed E-state index contributed by atoms with van der Waals surface area (Å²) in [4.78, 5) is 26.6. The lowest BCUT2D eigenvalue weighted by atomic mass is 9.95. The average Bonchev–Trinajstić information content (AvgIpc) is 3.57. The molecule has 5 aromatic rings. The van der Waals surface area contributed by atoms with Crippen molar-refractivity contribution in [2.24, 2.45) is 0 Å². The van der Waals surface area contributed by atoms with Crippen molar-refractivity contribution in [2.75, 3.05) is 46.0 Å². The zero-order valence-electron chi connectivity index (χ0n) is 30.1. The molecule has 3 aliphatic rings. The Morgan fingerprint density at radius 1 is 1.00 bits per heavy atom. The average molecular weight is 744 g/mol. The third-order valence-corrected chi connectivity index (χ3v) is 10.8. The fourth-order valence-electron chi connectivity index (χ4n) is 8.10. The maximum absolute atomic E-state index is 16.8. The number of aromatic amines is 1. The molecule has 10 nitrogen and oxygen atoms in total. The van der Waals surface area contributed by atoms with Gasteiger partial charge in [0.2, 0.25) is 0 Å². The molecule has 0 spiro atoms. The first kappa shape index (κ1) is 36.3. The second-order valence-corrected chi connectivity index (χ2v) is 14.5. The molecule has 0 unspecified atom stereocenters. The van der Waals surface area contributed by atoms with E-state index in [0.29, 0.717) is 42.5 Å². The zero-order valence-corrected chi connectivity index (χ0v) is 30.1. The van der Waals surface area contributed by atoms with Crippen LogP contribution in [0.15, 0.2) is 65.6 Å². The van der Waals surface area contributed by atoms with E-state index in [2.05, 4.69) is 25.2 Å². The highest BCUT2D eigenvalue weighted by Gasteiger charge is 2.49. The van der Waals surface area contributed by atoms with Crippen LogP contribution >= 0.6 is 0 Å². The van der Waals surface area contributed by atoms with E-state index in [4.69, 9.17) is 18.9 Å². The van der Waals surface area contributed by atoms with Gasteiger partial charge in [-0.3, -0.25) is 19.7 Å². The number of hydrogen-bond donors (Lipinski definition) is 2. The third kappa shape index (κ3) is 7.62. The summed E-state index contributed by atoms with van der Waals surface area (Å²) in [6.07, 6.45) is 6.15. The molecule has 0 bridgehead atoms. The van der Waals surface area contributed by atoms with Crippen molar-refractivity contribution in [2.45, 2.75) is 69.4 Å². The second kappa shape index (κ2) is 15.9. The lowest BCUT2D eigenvalue weighted by molar-refractivity contribution is 0.0434. The summed E-state index contributed by atoms with van der Waals surface area (Å²) in [6.45, 7) is 3.85. The van der Waals surface area contributed by atoms with Crippen molar-refractivity contribution in [3.8, 4) is 28.8 Å². The van der Waals surface area contributed by atoms with Crippen LogP contribution in [0.1, 0.15) is 50.5 Å². The number of hydrogen-bond acceptors (Lipinski definition) is 9. The van der Waals surface area contributed by atoms with Crippen LogP contribution in [0.2, 0.25) is 0 Å². The molecule has 13 heteroatoms. The predicted octanol–water partition coefficient (Wildman–Crippen LogP) is 6.88. The third-order valence-electron chi connectivity index (χ3n) is 10.8. The summed E-state index contributed by atoms with van der Waals surface area (Å²) in [5.74, 6) is -1.17. The van der Waals surface area contributed by atoms with Crippen molar-refractivity contribution >= 4 is 21.7 Å². The number of ether oxygens (including phenoxy) is 4. The molecule has 3 aromatic carbocycles. The van der Waals surface area contributed by atoms with Gasteiger partial charge >= 0.3 is 0 Å². The van der Waals surface area contributed by atoms with Gasteiger partial charge in [-0.2, -0.15) is 4.98 Å². The highest BCUT2D eigenvalue weighted by Crippen LogP contribution is 2.42. The first-order chi connectivity index (χ1) is 26.4. The summed E-state index contributed by atoms with van der Waals surface area (Å²) in [7, 11) is 0. The van der Waals surface area contributed by atoms with Gasteiger partial charge in [-0.15, -0.1) is 0 Å². The lowest BCUT2D eigenvalue weighted by Gasteiger charge is -2.30. The number of benzene rings is 3. The predicted molar refractivity (Wildman–Crippen MR) is 199 cm³/mol. The van der Waals surface area contributed by atoms with Gasteiger partial charge in [-0.05, 0) is 74.3 Å². The topological polar surface area (TPSA) is 111 Å². The van der Waals surface area contributed by atoms with Crippen LogP contribution < -0.4 is 25.1 Å². The van der Waals surface area contributed by atoms with E-state index in [1.165, 1.54) is 12.3 Å². The molecule has 0 radical (unpaired) electrons. The fraction of sp³-hybridized carbons (Fsp3) is 0.439. The molecule has 8 rings (SSSR count). The number of nitrogens with one attached hydrogen (secondary N) is 2. The van der Waals surface area contributed by atoms with E-state index in [1.807, 2.05) is 30.3 Å². The summed E-state index contributed by atoms with van der Waals surface area (Å²) >= 11 is 0. The number of nitrogens with zero attached hydrogens (tertiary/aromatic N) is 3. The molecule has 0 aliphatic carbocycles. The first-order valence-corrected chi connectivity index (χ1v) is 18.9. The molecular formula is C41H44F3N5O5. The van der Waals surface area contributed by atoms with Crippen molar-refractivity contribution in [3.63, 3.8) is 0 Å². The molecule has 0 amide bonds. The zero-order chi connectivity index (χ0) is 37.1. The molecule has 3 aliphatic heterocycles. The Kier molecular flexibility index (Phi) is 10.7. The van der Waals surface area contributed by atoms with Gasteiger partial charge in [0.25, 0.3) is 11.6 Å². The Morgan fingerprint density at radius 3 is 2.78 bits per heavy atom. The summed E-state index contributed by atoms with van der Waals surface area (Å²) in [5, 5.41) is 4.14. The van der Waals surface area contributed by atoms with Gasteiger partial charge in [0, 0.05) is 43.1 Å². The number of alkyl halides is 1. The molecule has 5 heterocycles. The second-order valence-electron chi connectivity index (χ2n) is 14.5. The molecule has 2 N–H and O–H groups in total. The largest absolute Gasteiger partial charge is 0.490 e. The molecule has 2 aromatic heterocycles. The summed E-state index contributed by atoms with van der Waals surface area (Å²) in [6, 6.07) is 15.7. The Hall–Kier alpha value is -4.72. The number of aromatic nitrogens is 3. The van der Waals surface area contributed by atoms with Gasteiger partial charge < -0.3 is 24.3 Å². The lowest BCUT2D eigenvalue weighted by Crippen LogP contribution is -2.43. The molecule has 3 atom stereocenters. The SMILES string of the molecule is O=c1[nH]c(OC[C@@]23CCCN2C[C@H](F)C3)nc2c(F)c(-c3cc(OCc4ccccc4)cc4ccc(F)c(OCCCO[C@@H]5CCCCNC5)c34)ncc12. The Labute approximate surface area is 311 Å². The van der Waals surface area contributed by atoms with Crippen LogP contribution in [0.3, 0.4) is 0 Å². The quantitative estimate of drug-likeness (QED) is 0.125. The van der Waals surface area contributed by atoms with Crippen LogP contribution in [0.5, 0.6) is 17.5 Å². The highest BCUT2D eigenvalue weighted by molar-refractivity contribution is 6.02. The van der Waals surface area contributed by atoms with E-state index >= 15 is 8.78 Å². The van der Waals surface area contributed by atoms with E-state index in [9.17, 15) is 9.18 Å². The van der Waals surface area contributed by atoms with Crippen molar-refractivity contribution in [3.05, 3.63) is 88.3 Å². The minimum atomic E-state index is -0.957. The van der Waals surface area contributed by atoms with Gasteiger partial charge in [-0.25, -0.2) is 13.2 Å². The Bertz CT molecular complexity index is 2160. The van der Waals surface area contributed by atoms with Crippen LogP contribution in [-0.2, 0) is 11.3 Å². The van der Waals surface area contributed by atoms with E-state index in [1.54, 1.807) is 18.2 Å². The maximum Gasteiger partial charge on any atom is 0.297 e. The smallest absolute Gasteiger partial charge is 0.297 e. The van der Waals surface area contributed by atoms with Gasteiger partial charge in [0.15, 0.2) is 17.4 Å². The number of pyridine rings is 1. The number of fused-ring (bicyclic) bond motifs is 3. The van der Waals surface area contributed by atoms with Crippen molar-refractivity contribution < 1.29 is 32.1 Å². The fourth-order valence-corrected chi connectivity index (χ4v) is 8.10. The summed E-state index contributed by atoms with van der Waals surface area (Å²) in [5.41, 5.74) is -0.428. The van der Waals surface area contributed by atoms with E-state index in [-0.39, 0.29) is 59.8 Å². The molecular weight excluding hydrogens is 699 g/mol. The van der Waals surface area contributed by atoms with Crippen LogP contribution in [0.4, 0.5) is 13.2 Å². The van der Waals surface area contributed by atoms with E-state index in [0.717, 1.165) is 57.3 Å². The molecule has 284 valence electrons. The monoisotopic (exact) mass is 743 g/mol. The highest BCUT2D eigenvalue weighted by atomic mass is 19.1. The van der Waals surface area contributed by atoms with Crippen LogP contribution in [-0.4, -0.2) is 83.7 Å². The van der Waals surface area contributed by atoms with Gasteiger partial charge in [-0.1, -0.05) is 36.4 Å². The van der Waals surface area contributed by atoms with Crippen LogP contribution in [0.25, 0.3) is 32.9 Å². The van der Waals surface area contributed by atoms with Crippen molar-refractivity contribution in [1.29, 1.82) is 0 Å². The first-order valence-electron chi connectivity index (χ1n) is 18.9. The Morgan fingerprint density at radius 2 is 1.89 bits per heavy atom. The minimum Gasteiger partial charge on any atom is -0.490 e. The van der Waals surface area contributed by atoms with Crippen molar-refractivity contribution in [1.82, 2.24) is 25.2 Å². The maximum atomic E-state index is 16.8. The van der Waals surface area contributed by atoms with E-state index < -0.39 is 28.9 Å². The molecule has 0 saturated carbocycles. The van der Waals surface area contributed by atoms with Crippen LogP contribution in [0, 0.1) is 11.6 Å². The standard InChI is InChI=1S/C41H44F3N5O5/c42-28-20-41(13-6-15-49(41)23-28)25-54-40-47-37-32(39(50)48-40)22-46-36(35(37)44)31-19-30(53-24-26-8-2-1-3-9-26)18-27-11-12-33(43)38(34(27)31)52-17-7-16-51-29-10-4-5-14-45-21-29/h1-3,8-9,11-12,18-19,22,28-29,45H,4-7,10,13-17,20-21,23-25H2,(H,47,48,50)/t28-,29-,41+/m1/s1.